The molecule has 22 heavy (non-hydrogen) atoms. The zero-order valence-corrected chi connectivity index (χ0v) is 13.1. The van der Waals surface area contributed by atoms with Gasteiger partial charge in [-0.25, -0.2) is 4.39 Å². The molecule has 124 valence electrons. The number of benzene rings is 1. The van der Waals surface area contributed by atoms with Crippen molar-refractivity contribution in [3.05, 3.63) is 34.1 Å². The first-order chi connectivity index (χ1) is 10.3. The molecule has 0 spiro atoms. The van der Waals surface area contributed by atoms with Crippen molar-refractivity contribution in [2.75, 3.05) is 39.8 Å². The van der Waals surface area contributed by atoms with Gasteiger partial charge in [0.15, 0.2) is 0 Å². The van der Waals surface area contributed by atoms with E-state index in [1.165, 1.54) is 0 Å². The molecule has 0 atom stereocenters. The standard InChI is InChI=1S/C15H19ClF4N2/c1-21-7-9-22(10-8-21)6-2-3-11-12(15(18,19)20)4-5-13(16)14(11)17/h4-5H,2-3,6-10H2,1H3. The van der Waals surface area contributed by atoms with Gasteiger partial charge in [0.05, 0.1) is 10.6 Å². The van der Waals surface area contributed by atoms with Gasteiger partial charge in [0.1, 0.15) is 5.82 Å². The minimum absolute atomic E-state index is 0.0353. The molecule has 0 bridgehead atoms. The molecule has 2 nitrogen and oxygen atoms in total. The molecule has 1 aromatic carbocycles. The molecule has 0 aliphatic carbocycles. The molecule has 7 heteroatoms. The highest BCUT2D eigenvalue weighted by Crippen LogP contribution is 2.35. The second-order valence-electron chi connectivity index (χ2n) is 5.63. The Kier molecular flexibility index (Phi) is 5.69. The quantitative estimate of drug-likeness (QED) is 0.773. The molecule has 2 rings (SSSR count). The fraction of sp³-hybridized carbons (Fsp3) is 0.600. The molecule has 0 amide bonds. The summed E-state index contributed by atoms with van der Waals surface area (Å²) in [4.78, 5) is 4.39. The van der Waals surface area contributed by atoms with Crippen LogP contribution in [0.5, 0.6) is 0 Å². The van der Waals surface area contributed by atoms with Crippen molar-refractivity contribution in [2.24, 2.45) is 0 Å². The third-order valence-electron chi connectivity index (χ3n) is 4.00. The predicted molar refractivity (Wildman–Crippen MR) is 78.7 cm³/mol. The SMILES string of the molecule is CN1CCN(CCCc2c(C(F)(F)F)ccc(Cl)c2F)CC1. The summed E-state index contributed by atoms with van der Waals surface area (Å²) in [6.07, 6.45) is -4.05. The summed E-state index contributed by atoms with van der Waals surface area (Å²) in [6, 6.07) is 1.82. The summed E-state index contributed by atoms with van der Waals surface area (Å²) < 4.78 is 52.8. The molecule has 1 aromatic rings. The van der Waals surface area contributed by atoms with Crippen LogP contribution in [0.25, 0.3) is 0 Å². The molecule has 0 unspecified atom stereocenters. The van der Waals surface area contributed by atoms with E-state index in [-0.39, 0.29) is 17.0 Å². The first-order valence-corrected chi connectivity index (χ1v) is 7.62. The fourth-order valence-corrected chi connectivity index (χ4v) is 2.83. The van der Waals surface area contributed by atoms with E-state index >= 15 is 0 Å². The number of piperazine rings is 1. The second-order valence-corrected chi connectivity index (χ2v) is 6.04. The smallest absolute Gasteiger partial charge is 0.304 e. The van der Waals surface area contributed by atoms with Crippen LogP contribution in [-0.4, -0.2) is 49.6 Å². The van der Waals surface area contributed by atoms with Gasteiger partial charge < -0.3 is 9.80 Å². The summed E-state index contributed by atoms with van der Waals surface area (Å²) in [5, 5.41) is -0.261. The van der Waals surface area contributed by atoms with Crippen molar-refractivity contribution in [1.82, 2.24) is 9.80 Å². The van der Waals surface area contributed by atoms with E-state index in [0.29, 0.717) is 13.0 Å². The van der Waals surface area contributed by atoms with Gasteiger partial charge in [-0.05, 0) is 38.6 Å². The molecule has 0 N–H and O–H groups in total. The van der Waals surface area contributed by atoms with Gasteiger partial charge in [0.2, 0.25) is 0 Å². The van der Waals surface area contributed by atoms with E-state index in [1.54, 1.807) is 0 Å². The van der Waals surface area contributed by atoms with Crippen LogP contribution in [0.4, 0.5) is 17.6 Å². The molecule has 1 aliphatic rings. The lowest BCUT2D eigenvalue weighted by Gasteiger charge is -2.32. The van der Waals surface area contributed by atoms with Crippen LogP contribution < -0.4 is 0 Å². The minimum atomic E-state index is -4.56. The molecule has 1 aliphatic heterocycles. The van der Waals surface area contributed by atoms with E-state index in [4.69, 9.17) is 11.6 Å². The summed E-state index contributed by atoms with van der Waals surface area (Å²) in [5.41, 5.74) is -1.25. The summed E-state index contributed by atoms with van der Waals surface area (Å²) in [5.74, 6) is -0.949. The summed E-state index contributed by atoms with van der Waals surface area (Å²) in [7, 11) is 2.04. The largest absolute Gasteiger partial charge is 0.416 e. The number of rotatable bonds is 4. The van der Waals surface area contributed by atoms with Crippen molar-refractivity contribution in [3.63, 3.8) is 0 Å². The molecule has 0 saturated carbocycles. The summed E-state index contributed by atoms with van der Waals surface area (Å²) >= 11 is 5.62. The highest BCUT2D eigenvalue weighted by atomic mass is 35.5. The number of nitrogens with zero attached hydrogens (tertiary/aromatic N) is 2. The normalized spacial score (nSPS) is 17.9. The van der Waals surface area contributed by atoms with E-state index in [2.05, 4.69) is 9.80 Å². The van der Waals surface area contributed by atoms with Crippen molar-refractivity contribution >= 4 is 11.6 Å². The molecule has 1 saturated heterocycles. The monoisotopic (exact) mass is 338 g/mol. The van der Waals surface area contributed by atoms with Crippen LogP contribution in [0.1, 0.15) is 17.5 Å². The van der Waals surface area contributed by atoms with Gasteiger partial charge in [-0.2, -0.15) is 13.2 Å². The topological polar surface area (TPSA) is 6.48 Å². The van der Waals surface area contributed by atoms with Gasteiger partial charge in [-0.1, -0.05) is 11.6 Å². The van der Waals surface area contributed by atoms with Crippen LogP contribution in [0, 0.1) is 5.82 Å². The lowest BCUT2D eigenvalue weighted by atomic mass is 10.0. The highest BCUT2D eigenvalue weighted by Gasteiger charge is 2.34. The maximum Gasteiger partial charge on any atom is 0.416 e. The molecule has 1 fully saturated rings. The van der Waals surface area contributed by atoms with E-state index < -0.39 is 17.6 Å². The minimum Gasteiger partial charge on any atom is -0.304 e. The van der Waals surface area contributed by atoms with Crippen molar-refractivity contribution in [3.8, 4) is 0 Å². The highest BCUT2D eigenvalue weighted by molar-refractivity contribution is 6.30. The van der Waals surface area contributed by atoms with E-state index in [1.807, 2.05) is 7.05 Å². The third kappa shape index (κ3) is 4.33. The maximum absolute atomic E-state index is 14.0. The first kappa shape index (κ1) is 17.5. The Balaban J connectivity index is 2.01. The van der Waals surface area contributed by atoms with Gasteiger partial charge in [-0.15, -0.1) is 0 Å². The lowest BCUT2D eigenvalue weighted by Crippen LogP contribution is -2.44. The predicted octanol–water partition coefficient (Wildman–Crippen LogP) is 3.68. The van der Waals surface area contributed by atoms with Crippen LogP contribution in [0.2, 0.25) is 5.02 Å². The second kappa shape index (κ2) is 7.15. The molecule has 1 heterocycles. The number of hydrogen-bond acceptors (Lipinski definition) is 2. The Morgan fingerprint density at radius 2 is 1.77 bits per heavy atom. The van der Waals surface area contributed by atoms with E-state index in [9.17, 15) is 17.6 Å². The first-order valence-electron chi connectivity index (χ1n) is 7.24. The Bertz CT molecular complexity index is 511. The Hall–Kier alpha value is -0.850. The Morgan fingerprint density at radius 1 is 1.14 bits per heavy atom. The molecule has 0 aromatic heterocycles. The van der Waals surface area contributed by atoms with Crippen molar-refractivity contribution in [2.45, 2.75) is 19.0 Å². The van der Waals surface area contributed by atoms with Crippen molar-refractivity contribution < 1.29 is 17.6 Å². The van der Waals surface area contributed by atoms with E-state index in [0.717, 1.165) is 38.3 Å². The van der Waals surface area contributed by atoms with Gasteiger partial charge in [0, 0.05) is 31.7 Å². The van der Waals surface area contributed by atoms with Crippen molar-refractivity contribution in [1.29, 1.82) is 0 Å². The Labute approximate surface area is 132 Å². The average Bonchev–Trinajstić information content (AvgIpc) is 2.44. The zero-order valence-electron chi connectivity index (χ0n) is 12.4. The molecular weight excluding hydrogens is 320 g/mol. The van der Waals surface area contributed by atoms with Gasteiger partial charge >= 0.3 is 6.18 Å². The van der Waals surface area contributed by atoms with Crippen LogP contribution in [0.15, 0.2) is 12.1 Å². The van der Waals surface area contributed by atoms with Gasteiger partial charge in [0.25, 0.3) is 0 Å². The molecule has 0 radical (unpaired) electrons. The maximum atomic E-state index is 14.0. The van der Waals surface area contributed by atoms with Crippen LogP contribution in [-0.2, 0) is 12.6 Å². The fourth-order valence-electron chi connectivity index (χ4n) is 2.65. The average molecular weight is 339 g/mol. The Morgan fingerprint density at radius 3 is 2.36 bits per heavy atom. The van der Waals surface area contributed by atoms with Crippen LogP contribution >= 0.6 is 11.6 Å². The number of likely N-dealkylation sites (N-methyl/N-ethyl adjacent to an activating group) is 1. The van der Waals surface area contributed by atoms with Gasteiger partial charge in [-0.3, -0.25) is 0 Å². The number of halogens is 5. The zero-order chi connectivity index (χ0) is 16.3. The third-order valence-corrected chi connectivity index (χ3v) is 4.29. The lowest BCUT2D eigenvalue weighted by molar-refractivity contribution is -0.138. The number of hydrogen-bond donors (Lipinski definition) is 0. The van der Waals surface area contributed by atoms with Crippen LogP contribution in [0.3, 0.4) is 0 Å². The molecular formula is C15H19ClF4N2. The summed E-state index contributed by atoms with van der Waals surface area (Å²) in [6.45, 7) is 4.33. The number of alkyl halides is 3.